The normalized spacial score (nSPS) is 18.1. The van der Waals surface area contributed by atoms with E-state index in [-0.39, 0.29) is 5.91 Å². The van der Waals surface area contributed by atoms with Crippen LogP contribution >= 0.6 is 11.6 Å². The van der Waals surface area contributed by atoms with Gasteiger partial charge in [0.2, 0.25) is 0 Å². The molecule has 0 saturated heterocycles. The van der Waals surface area contributed by atoms with E-state index in [4.69, 9.17) is 16.6 Å². The molecule has 2 aliphatic carbocycles. The molecule has 4 nitrogen and oxygen atoms in total. The van der Waals surface area contributed by atoms with Crippen LogP contribution in [-0.4, -0.2) is 21.5 Å². The molecule has 0 spiro atoms. The van der Waals surface area contributed by atoms with Gasteiger partial charge in [-0.3, -0.25) is 4.79 Å². The van der Waals surface area contributed by atoms with Gasteiger partial charge in [-0.25, -0.2) is 4.98 Å². The number of nitrogens with zero attached hydrogens (tertiary/aromatic N) is 2. The second kappa shape index (κ2) is 9.55. The van der Waals surface area contributed by atoms with E-state index in [0.717, 1.165) is 54.4 Å². The van der Waals surface area contributed by atoms with Gasteiger partial charge < -0.3 is 9.88 Å². The second-order valence-electron chi connectivity index (χ2n) is 9.23. The summed E-state index contributed by atoms with van der Waals surface area (Å²) in [5.74, 6) is 1.63. The second-order valence-corrected chi connectivity index (χ2v) is 9.66. The molecule has 2 fully saturated rings. The number of amides is 1. The van der Waals surface area contributed by atoms with Gasteiger partial charge in [0, 0.05) is 28.9 Å². The summed E-state index contributed by atoms with van der Waals surface area (Å²) in [6.45, 7) is 5.03. The van der Waals surface area contributed by atoms with Gasteiger partial charge in [-0.05, 0) is 56.7 Å². The number of benzene rings is 1. The zero-order chi connectivity index (χ0) is 21.1. The van der Waals surface area contributed by atoms with Gasteiger partial charge in [-0.2, -0.15) is 0 Å². The van der Waals surface area contributed by atoms with Crippen molar-refractivity contribution in [2.45, 2.75) is 90.6 Å². The molecule has 162 valence electrons. The lowest BCUT2D eigenvalue weighted by Crippen LogP contribution is -2.33. The standard InChI is InChI=1S/C25H34ClN3O/c1-17-12-13-20(26)16-22(17)24-28-23(25(30)27-21-10-6-7-11-21)18(2)29(24)15-14-19-8-4-3-5-9-19/h12-13,16,19,21H,3-11,14-15H2,1-2H3,(H,27,30). The highest BCUT2D eigenvalue weighted by Gasteiger charge is 2.25. The average Bonchev–Trinajstić information content (AvgIpc) is 3.37. The van der Waals surface area contributed by atoms with Crippen LogP contribution < -0.4 is 5.32 Å². The highest BCUT2D eigenvalue weighted by atomic mass is 35.5. The van der Waals surface area contributed by atoms with Crippen LogP contribution in [0, 0.1) is 19.8 Å². The number of aromatic nitrogens is 2. The Labute approximate surface area is 185 Å². The fourth-order valence-electron chi connectivity index (χ4n) is 5.17. The van der Waals surface area contributed by atoms with Crippen molar-refractivity contribution in [2.24, 2.45) is 5.92 Å². The molecule has 1 N–H and O–H groups in total. The first kappa shape index (κ1) is 21.4. The Kier molecular flexibility index (Phi) is 6.82. The number of halogens is 1. The van der Waals surface area contributed by atoms with Gasteiger partial charge in [0.1, 0.15) is 11.5 Å². The zero-order valence-electron chi connectivity index (χ0n) is 18.3. The van der Waals surface area contributed by atoms with Crippen molar-refractivity contribution < 1.29 is 4.79 Å². The van der Waals surface area contributed by atoms with Crippen LogP contribution in [0.3, 0.4) is 0 Å². The number of imidazole rings is 1. The maximum absolute atomic E-state index is 13.1. The first-order chi connectivity index (χ1) is 14.5. The van der Waals surface area contributed by atoms with Gasteiger partial charge in [0.15, 0.2) is 0 Å². The van der Waals surface area contributed by atoms with Gasteiger partial charge in [0.25, 0.3) is 5.91 Å². The van der Waals surface area contributed by atoms with E-state index >= 15 is 0 Å². The molecule has 0 bridgehead atoms. The maximum atomic E-state index is 13.1. The summed E-state index contributed by atoms with van der Waals surface area (Å²) in [7, 11) is 0. The summed E-state index contributed by atoms with van der Waals surface area (Å²) >= 11 is 6.32. The van der Waals surface area contributed by atoms with Crippen LogP contribution in [0.15, 0.2) is 18.2 Å². The van der Waals surface area contributed by atoms with Crippen molar-refractivity contribution >= 4 is 17.5 Å². The van der Waals surface area contributed by atoms with Crippen LogP contribution in [0.1, 0.15) is 86.0 Å². The van der Waals surface area contributed by atoms with E-state index < -0.39 is 0 Å². The predicted octanol–water partition coefficient (Wildman–Crippen LogP) is 6.46. The molecular formula is C25H34ClN3O. The van der Waals surface area contributed by atoms with E-state index in [0.29, 0.717) is 16.8 Å². The van der Waals surface area contributed by atoms with Crippen molar-refractivity contribution in [3.63, 3.8) is 0 Å². The molecule has 4 rings (SSSR count). The lowest BCUT2D eigenvalue weighted by Gasteiger charge is -2.22. The van der Waals surface area contributed by atoms with Crippen molar-refractivity contribution in [3.05, 3.63) is 40.2 Å². The van der Waals surface area contributed by atoms with Gasteiger partial charge in [-0.1, -0.05) is 62.6 Å². The fourth-order valence-corrected chi connectivity index (χ4v) is 5.35. The van der Waals surface area contributed by atoms with Crippen LogP contribution in [0.4, 0.5) is 0 Å². The number of aryl methyl sites for hydroxylation is 1. The minimum absolute atomic E-state index is 0.0308. The van der Waals surface area contributed by atoms with E-state index in [9.17, 15) is 4.79 Å². The molecule has 0 unspecified atom stereocenters. The van der Waals surface area contributed by atoms with E-state index in [1.807, 2.05) is 25.1 Å². The molecule has 1 amide bonds. The number of nitrogens with one attached hydrogen (secondary N) is 1. The van der Waals surface area contributed by atoms with Gasteiger partial charge >= 0.3 is 0 Å². The van der Waals surface area contributed by atoms with Gasteiger partial charge in [-0.15, -0.1) is 0 Å². The van der Waals surface area contributed by atoms with Crippen molar-refractivity contribution in [1.29, 1.82) is 0 Å². The summed E-state index contributed by atoms with van der Waals surface area (Å²) in [5, 5.41) is 3.92. The van der Waals surface area contributed by atoms with Crippen LogP contribution in [0.5, 0.6) is 0 Å². The number of carbonyl (C=O) groups is 1. The predicted molar refractivity (Wildman–Crippen MR) is 123 cm³/mol. The Balaban J connectivity index is 1.65. The number of rotatable bonds is 6. The van der Waals surface area contributed by atoms with E-state index in [2.05, 4.69) is 16.8 Å². The minimum Gasteiger partial charge on any atom is -0.348 e. The molecule has 2 aliphatic rings. The first-order valence-electron chi connectivity index (χ1n) is 11.7. The summed E-state index contributed by atoms with van der Waals surface area (Å²) in [4.78, 5) is 17.9. The first-order valence-corrected chi connectivity index (χ1v) is 12.0. The lowest BCUT2D eigenvalue weighted by molar-refractivity contribution is 0.0932. The third-order valence-electron chi connectivity index (χ3n) is 7.05. The van der Waals surface area contributed by atoms with E-state index in [1.54, 1.807) is 0 Å². The summed E-state index contributed by atoms with van der Waals surface area (Å²) < 4.78 is 2.26. The smallest absolute Gasteiger partial charge is 0.271 e. The number of carbonyl (C=O) groups excluding carboxylic acids is 1. The molecule has 0 radical (unpaired) electrons. The molecule has 2 saturated carbocycles. The third-order valence-corrected chi connectivity index (χ3v) is 7.29. The molecular weight excluding hydrogens is 394 g/mol. The topological polar surface area (TPSA) is 46.9 Å². The highest BCUT2D eigenvalue weighted by Crippen LogP contribution is 2.31. The van der Waals surface area contributed by atoms with Crippen LogP contribution in [-0.2, 0) is 6.54 Å². The quantitative estimate of drug-likeness (QED) is 0.574. The molecule has 5 heteroatoms. The summed E-state index contributed by atoms with van der Waals surface area (Å²) in [6, 6.07) is 6.22. The third kappa shape index (κ3) is 4.74. The Hall–Kier alpha value is -1.81. The number of hydrogen-bond acceptors (Lipinski definition) is 2. The molecule has 0 aliphatic heterocycles. The number of hydrogen-bond donors (Lipinski definition) is 1. The average molecular weight is 428 g/mol. The molecule has 2 aromatic rings. The Bertz CT molecular complexity index is 892. The minimum atomic E-state index is -0.0308. The maximum Gasteiger partial charge on any atom is 0.271 e. The SMILES string of the molecule is Cc1ccc(Cl)cc1-c1nc(C(=O)NC2CCCC2)c(C)n1CCC1CCCCC1. The van der Waals surface area contributed by atoms with Crippen LogP contribution in [0.25, 0.3) is 11.4 Å². The molecule has 30 heavy (non-hydrogen) atoms. The summed E-state index contributed by atoms with van der Waals surface area (Å²) in [5.41, 5.74) is 3.69. The summed E-state index contributed by atoms with van der Waals surface area (Å²) in [6.07, 6.45) is 12.4. The van der Waals surface area contributed by atoms with Gasteiger partial charge in [0.05, 0.1) is 0 Å². The highest BCUT2D eigenvalue weighted by molar-refractivity contribution is 6.30. The monoisotopic (exact) mass is 427 g/mol. The molecule has 1 aromatic heterocycles. The largest absolute Gasteiger partial charge is 0.348 e. The Morgan fingerprint density at radius 1 is 1.10 bits per heavy atom. The van der Waals surface area contributed by atoms with Crippen molar-refractivity contribution in [3.8, 4) is 11.4 Å². The molecule has 1 heterocycles. The molecule has 0 atom stereocenters. The van der Waals surface area contributed by atoms with E-state index in [1.165, 1.54) is 44.9 Å². The zero-order valence-corrected chi connectivity index (χ0v) is 19.1. The van der Waals surface area contributed by atoms with Crippen molar-refractivity contribution in [1.82, 2.24) is 14.9 Å². The van der Waals surface area contributed by atoms with Crippen molar-refractivity contribution in [2.75, 3.05) is 0 Å². The Morgan fingerprint density at radius 3 is 2.53 bits per heavy atom. The lowest BCUT2D eigenvalue weighted by atomic mass is 9.87. The van der Waals surface area contributed by atoms with Crippen LogP contribution in [0.2, 0.25) is 5.02 Å². The fraction of sp³-hybridized carbons (Fsp3) is 0.600. The Morgan fingerprint density at radius 2 is 1.80 bits per heavy atom. The molecule has 1 aromatic carbocycles.